The highest BCUT2D eigenvalue weighted by molar-refractivity contribution is 5.95. The van der Waals surface area contributed by atoms with E-state index in [9.17, 15) is 9.59 Å². The lowest BCUT2D eigenvalue weighted by Crippen LogP contribution is -2.41. The van der Waals surface area contributed by atoms with Crippen LogP contribution in [0.3, 0.4) is 0 Å². The number of carbonyl (C=O) groups excluding carboxylic acids is 2. The first kappa shape index (κ1) is 12.4. The van der Waals surface area contributed by atoms with E-state index in [2.05, 4.69) is 0 Å². The van der Waals surface area contributed by atoms with Gasteiger partial charge < -0.3 is 4.90 Å². The average molecular weight is 257 g/mol. The van der Waals surface area contributed by atoms with E-state index < -0.39 is 0 Å². The molecule has 19 heavy (non-hydrogen) atoms. The van der Waals surface area contributed by atoms with Crippen LogP contribution < -0.4 is 0 Å². The first-order valence-corrected chi connectivity index (χ1v) is 7.16. The monoisotopic (exact) mass is 257 g/mol. The van der Waals surface area contributed by atoms with Crippen LogP contribution in [0, 0.1) is 5.92 Å². The fourth-order valence-electron chi connectivity index (χ4n) is 3.46. The summed E-state index contributed by atoms with van der Waals surface area (Å²) in [5.41, 5.74) is 0.736. The zero-order valence-corrected chi connectivity index (χ0v) is 11.0. The van der Waals surface area contributed by atoms with Crippen LogP contribution in [0.15, 0.2) is 30.3 Å². The summed E-state index contributed by atoms with van der Waals surface area (Å²) in [5, 5.41) is 0. The number of ketones is 1. The van der Waals surface area contributed by atoms with Crippen molar-refractivity contribution in [1.82, 2.24) is 4.90 Å². The number of carbonyl (C=O) groups is 2. The molecule has 1 aliphatic carbocycles. The quantitative estimate of drug-likeness (QED) is 0.816. The summed E-state index contributed by atoms with van der Waals surface area (Å²) < 4.78 is 0. The topological polar surface area (TPSA) is 37.4 Å². The van der Waals surface area contributed by atoms with Gasteiger partial charge in [0, 0.05) is 30.5 Å². The van der Waals surface area contributed by atoms with E-state index in [1.807, 2.05) is 35.2 Å². The summed E-state index contributed by atoms with van der Waals surface area (Å²) in [6.07, 6.45) is 4.66. The van der Waals surface area contributed by atoms with Gasteiger partial charge in [-0.1, -0.05) is 18.2 Å². The van der Waals surface area contributed by atoms with Crippen LogP contribution in [0.25, 0.3) is 0 Å². The molecule has 1 saturated carbocycles. The largest absolute Gasteiger partial charge is 0.335 e. The van der Waals surface area contributed by atoms with Gasteiger partial charge in [0.25, 0.3) is 5.91 Å². The molecule has 1 aromatic rings. The second kappa shape index (κ2) is 5.16. The predicted octanol–water partition coefficient (Wildman–Crippen LogP) is 2.66. The van der Waals surface area contributed by atoms with Gasteiger partial charge in [-0.2, -0.15) is 0 Å². The van der Waals surface area contributed by atoms with Gasteiger partial charge in [0.1, 0.15) is 5.78 Å². The Bertz CT molecular complexity index is 483. The summed E-state index contributed by atoms with van der Waals surface area (Å²) in [4.78, 5) is 26.4. The van der Waals surface area contributed by atoms with Crippen LogP contribution in [-0.4, -0.2) is 29.2 Å². The normalized spacial score (nSPS) is 26.9. The Morgan fingerprint density at radius 2 is 1.89 bits per heavy atom. The lowest BCUT2D eigenvalue weighted by molar-refractivity contribution is -0.121. The van der Waals surface area contributed by atoms with E-state index in [1.165, 1.54) is 0 Å². The molecule has 3 rings (SSSR count). The third-order valence-electron chi connectivity index (χ3n) is 4.40. The summed E-state index contributed by atoms with van der Waals surface area (Å²) in [7, 11) is 0. The van der Waals surface area contributed by atoms with Gasteiger partial charge in [0.2, 0.25) is 0 Å². The zero-order valence-electron chi connectivity index (χ0n) is 11.0. The molecule has 1 aromatic carbocycles. The second-order valence-corrected chi connectivity index (χ2v) is 5.54. The molecule has 0 bridgehead atoms. The number of likely N-dealkylation sites (tertiary alicyclic amines) is 1. The first-order valence-electron chi connectivity index (χ1n) is 7.16. The van der Waals surface area contributed by atoms with Crippen LogP contribution in [0.5, 0.6) is 0 Å². The Balaban J connectivity index is 1.80. The number of amides is 1. The van der Waals surface area contributed by atoms with E-state index in [1.54, 1.807) is 0 Å². The van der Waals surface area contributed by atoms with Gasteiger partial charge in [0.05, 0.1) is 0 Å². The Morgan fingerprint density at radius 3 is 2.58 bits per heavy atom. The minimum Gasteiger partial charge on any atom is -0.335 e. The molecule has 1 saturated heterocycles. The molecule has 0 N–H and O–H groups in total. The van der Waals surface area contributed by atoms with Crippen molar-refractivity contribution in [1.29, 1.82) is 0 Å². The number of Topliss-reactive ketones (excluding diaryl/α,β-unsaturated/α-hetero) is 1. The molecule has 2 fully saturated rings. The van der Waals surface area contributed by atoms with Crippen LogP contribution >= 0.6 is 0 Å². The number of hydrogen-bond acceptors (Lipinski definition) is 2. The van der Waals surface area contributed by atoms with E-state index in [4.69, 9.17) is 0 Å². The van der Waals surface area contributed by atoms with Crippen molar-refractivity contribution in [2.24, 2.45) is 5.92 Å². The maximum Gasteiger partial charge on any atom is 0.254 e. The zero-order chi connectivity index (χ0) is 13.2. The Hall–Kier alpha value is -1.64. The molecule has 2 atom stereocenters. The number of nitrogens with zero attached hydrogens (tertiary/aromatic N) is 1. The molecular formula is C16H19NO2. The second-order valence-electron chi connectivity index (χ2n) is 5.54. The molecule has 0 radical (unpaired) electrons. The fourth-order valence-corrected chi connectivity index (χ4v) is 3.46. The van der Waals surface area contributed by atoms with Crippen molar-refractivity contribution in [2.45, 2.75) is 38.1 Å². The Kier molecular flexibility index (Phi) is 3.36. The van der Waals surface area contributed by atoms with Crippen LogP contribution in [-0.2, 0) is 4.79 Å². The lowest BCUT2D eigenvalue weighted by Gasteiger charge is -2.28. The summed E-state index contributed by atoms with van der Waals surface area (Å²) in [6, 6.07) is 9.54. The van der Waals surface area contributed by atoms with E-state index in [0.29, 0.717) is 12.2 Å². The van der Waals surface area contributed by atoms with E-state index >= 15 is 0 Å². The van der Waals surface area contributed by atoms with E-state index in [0.717, 1.165) is 37.8 Å². The Morgan fingerprint density at radius 1 is 1.11 bits per heavy atom. The molecule has 3 heteroatoms. The van der Waals surface area contributed by atoms with Crippen molar-refractivity contribution in [2.75, 3.05) is 6.54 Å². The van der Waals surface area contributed by atoms with Gasteiger partial charge in [-0.05, 0) is 37.8 Å². The van der Waals surface area contributed by atoms with Crippen LogP contribution in [0.2, 0.25) is 0 Å². The van der Waals surface area contributed by atoms with Crippen molar-refractivity contribution in [3.05, 3.63) is 35.9 Å². The highest BCUT2D eigenvalue weighted by Crippen LogP contribution is 2.33. The van der Waals surface area contributed by atoms with Gasteiger partial charge in [-0.25, -0.2) is 0 Å². The third-order valence-corrected chi connectivity index (χ3v) is 4.40. The molecule has 1 amide bonds. The third kappa shape index (κ3) is 2.29. The summed E-state index contributed by atoms with van der Waals surface area (Å²) >= 11 is 0. The molecular weight excluding hydrogens is 238 g/mol. The Labute approximate surface area is 113 Å². The first-order chi connectivity index (χ1) is 9.27. The smallest absolute Gasteiger partial charge is 0.254 e. The molecule has 2 unspecified atom stereocenters. The molecule has 1 heterocycles. The highest BCUT2D eigenvalue weighted by atomic mass is 16.2. The highest BCUT2D eigenvalue weighted by Gasteiger charge is 2.40. The number of benzene rings is 1. The van der Waals surface area contributed by atoms with Gasteiger partial charge in [0.15, 0.2) is 0 Å². The summed E-state index contributed by atoms with van der Waals surface area (Å²) in [5.74, 6) is 0.538. The van der Waals surface area contributed by atoms with Crippen molar-refractivity contribution in [3.8, 4) is 0 Å². The van der Waals surface area contributed by atoms with Crippen molar-refractivity contribution < 1.29 is 9.59 Å². The van der Waals surface area contributed by atoms with Crippen molar-refractivity contribution >= 4 is 11.7 Å². The predicted molar refractivity (Wildman–Crippen MR) is 72.8 cm³/mol. The maximum atomic E-state index is 12.5. The standard InChI is InChI=1S/C16H19NO2/c18-15-10-4-8-13(15)14-9-5-11-17(14)16(19)12-6-2-1-3-7-12/h1-3,6-7,13-14H,4-5,8-11H2. The summed E-state index contributed by atoms with van der Waals surface area (Å²) in [6.45, 7) is 0.794. The molecule has 100 valence electrons. The van der Waals surface area contributed by atoms with Crippen LogP contribution in [0.4, 0.5) is 0 Å². The number of hydrogen-bond donors (Lipinski definition) is 0. The molecule has 1 aliphatic heterocycles. The minimum atomic E-state index is 0.0859. The van der Waals surface area contributed by atoms with Gasteiger partial charge >= 0.3 is 0 Å². The maximum absolute atomic E-state index is 12.5. The SMILES string of the molecule is O=C1CCCC1C1CCCN1C(=O)c1ccccc1. The molecule has 0 aromatic heterocycles. The van der Waals surface area contributed by atoms with Crippen LogP contribution in [0.1, 0.15) is 42.5 Å². The average Bonchev–Trinajstić information content (AvgIpc) is 3.07. The van der Waals surface area contributed by atoms with Gasteiger partial charge in [-0.3, -0.25) is 9.59 Å². The fraction of sp³-hybridized carbons (Fsp3) is 0.500. The molecule has 3 nitrogen and oxygen atoms in total. The minimum absolute atomic E-state index is 0.0859. The molecule has 2 aliphatic rings. The number of rotatable bonds is 2. The van der Waals surface area contributed by atoms with Crippen molar-refractivity contribution in [3.63, 3.8) is 0 Å². The van der Waals surface area contributed by atoms with Gasteiger partial charge in [-0.15, -0.1) is 0 Å². The molecule has 0 spiro atoms. The lowest BCUT2D eigenvalue weighted by atomic mass is 9.94. The van der Waals surface area contributed by atoms with E-state index in [-0.39, 0.29) is 17.9 Å².